The van der Waals surface area contributed by atoms with Gasteiger partial charge in [-0.15, -0.1) is 0 Å². The van der Waals surface area contributed by atoms with Crippen molar-refractivity contribution in [2.75, 3.05) is 0 Å². The molecule has 0 saturated heterocycles. The van der Waals surface area contributed by atoms with Gasteiger partial charge in [0.2, 0.25) is 0 Å². The van der Waals surface area contributed by atoms with E-state index in [9.17, 15) is 4.79 Å². The third-order valence-electron chi connectivity index (χ3n) is 1.24. The molecule has 0 N–H and O–H groups in total. The second-order valence-corrected chi connectivity index (χ2v) is 4.80. The van der Waals surface area contributed by atoms with Crippen LogP contribution in [-0.2, 0) is 10.5 Å². The number of hydrogen-bond acceptors (Lipinski definition) is 3. The molecule has 0 bridgehead atoms. The van der Waals surface area contributed by atoms with Gasteiger partial charge < -0.3 is 0 Å². The molecular formula is C9H10OS2. The largest absolute Gasteiger partial charge is 0.287 e. The van der Waals surface area contributed by atoms with Crippen molar-refractivity contribution in [2.45, 2.75) is 12.7 Å². The first kappa shape index (κ1) is 9.68. The van der Waals surface area contributed by atoms with Crippen molar-refractivity contribution in [3.05, 3.63) is 35.9 Å². The molecule has 1 rings (SSSR count). The SMILES string of the molecule is CC(=O)SSCc1ccccc1. The van der Waals surface area contributed by atoms with Crippen LogP contribution < -0.4 is 0 Å². The lowest BCUT2D eigenvalue weighted by Crippen LogP contribution is -1.78. The molecular weight excluding hydrogens is 188 g/mol. The monoisotopic (exact) mass is 198 g/mol. The molecule has 0 aliphatic heterocycles. The molecule has 0 saturated carbocycles. The predicted molar refractivity (Wildman–Crippen MR) is 56.0 cm³/mol. The summed E-state index contributed by atoms with van der Waals surface area (Å²) in [6.45, 7) is 1.59. The van der Waals surface area contributed by atoms with Crippen molar-refractivity contribution in [2.24, 2.45) is 0 Å². The Labute approximate surface area is 80.3 Å². The number of carbonyl (C=O) groups is 1. The highest BCUT2D eigenvalue weighted by molar-refractivity contribution is 8.81. The van der Waals surface area contributed by atoms with Crippen LogP contribution in [0.3, 0.4) is 0 Å². The second-order valence-electron chi connectivity index (χ2n) is 2.32. The predicted octanol–water partition coefficient (Wildman–Crippen LogP) is 3.11. The molecule has 0 radical (unpaired) electrons. The zero-order valence-electron chi connectivity index (χ0n) is 6.82. The zero-order chi connectivity index (χ0) is 8.81. The van der Waals surface area contributed by atoms with Crippen LogP contribution in [-0.4, -0.2) is 5.12 Å². The van der Waals surface area contributed by atoms with E-state index in [1.807, 2.05) is 18.2 Å². The van der Waals surface area contributed by atoms with E-state index < -0.39 is 0 Å². The zero-order valence-corrected chi connectivity index (χ0v) is 8.45. The summed E-state index contributed by atoms with van der Waals surface area (Å²) in [5, 5.41) is 0.163. The number of carbonyl (C=O) groups excluding carboxylic acids is 1. The van der Waals surface area contributed by atoms with Crippen LogP contribution in [0.4, 0.5) is 0 Å². The van der Waals surface area contributed by atoms with Gasteiger partial charge in [-0.25, -0.2) is 0 Å². The summed E-state index contributed by atoms with van der Waals surface area (Å²) < 4.78 is 0. The average molecular weight is 198 g/mol. The topological polar surface area (TPSA) is 17.1 Å². The molecule has 1 aromatic carbocycles. The Bertz CT molecular complexity index is 246. The summed E-state index contributed by atoms with van der Waals surface area (Å²) in [5.74, 6) is 0.894. The molecule has 0 atom stereocenters. The fraction of sp³-hybridized carbons (Fsp3) is 0.222. The Kier molecular flexibility index (Phi) is 4.25. The highest BCUT2D eigenvalue weighted by Gasteiger charge is 1.95. The summed E-state index contributed by atoms with van der Waals surface area (Å²) >= 11 is 0. The van der Waals surface area contributed by atoms with Crippen LogP contribution in [0.5, 0.6) is 0 Å². The molecule has 0 spiro atoms. The van der Waals surface area contributed by atoms with Gasteiger partial charge in [0.1, 0.15) is 0 Å². The third-order valence-corrected chi connectivity index (χ3v) is 3.46. The van der Waals surface area contributed by atoms with Crippen molar-refractivity contribution in [3.8, 4) is 0 Å². The van der Waals surface area contributed by atoms with Crippen LogP contribution >= 0.6 is 21.6 Å². The van der Waals surface area contributed by atoms with E-state index in [1.165, 1.54) is 16.4 Å². The van der Waals surface area contributed by atoms with Gasteiger partial charge in [0.15, 0.2) is 5.12 Å². The van der Waals surface area contributed by atoms with Gasteiger partial charge in [0.25, 0.3) is 0 Å². The van der Waals surface area contributed by atoms with E-state index >= 15 is 0 Å². The highest BCUT2D eigenvalue weighted by atomic mass is 33.1. The fourth-order valence-corrected chi connectivity index (χ4v) is 2.39. The first-order chi connectivity index (χ1) is 5.79. The lowest BCUT2D eigenvalue weighted by Gasteiger charge is -1.97. The Hall–Kier alpha value is -0.410. The van der Waals surface area contributed by atoms with Crippen molar-refractivity contribution in [1.29, 1.82) is 0 Å². The molecule has 0 fully saturated rings. The van der Waals surface area contributed by atoms with Gasteiger partial charge in [-0.2, -0.15) is 0 Å². The molecule has 0 aliphatic carbocycles. The van der Waals surface area contributed by atoms with Crippen molar-refractivity contribution < 1.29 is 4.79 Å². The van der Waals surface area contributed by atoms with Crippen molar-refractivity contribution >= 4 is 26.7 Å². The molecule has 1 aromatic rings. The first-order valence-corrected chi connectivity index (χ1v) is 5.95. The maximum absolute atomic E-state index is 10.6. The van der Waals surface area contributed by atoms with E-state index in [2.05, 4.69) is 12.1 Å². The van der Waals surface area contributed by atoms with Crippen LogP contribution in [0.2, 0.25) is 0 Å². The third kappa shape index (κ3) is 3.83. The number of benzene rings is 1. The van der Waals surface area contributed by atoms with Gasteiger partial charge in [0.05, 0.1) is 0 Å². The minimum Gasteiger partial charge on any atom is -0.287 e. The normalized spacial score (nSPS) is 9.75. The van der Waals surface area contributed by atoms with E-state index in [0.717, 1.165) is 5.75 Å². The van der Waals surface area contributed by atoms with Gasteiger partial charge in [0, 0.05) is 12.7 Å². The van der Waals surface area contributed by atoms with Crippen molar-refractivity contribution in [1.82, 2.24) is 0 Å². The lowest BCUT2D eigenvalue weighted by atomic mass is 10.2. The Morgan fingerprint density at radius 3 is 2.58 bits per heavy atom. The minimum atomic E-state index is 0.163. The van der Waals surface area contributed by atoms with Crippen LogP contribution in [0.15, 0.2) is 30.3 Å². The van der Waals surface area contributed by atoms with E-state index in [0.29, 0.717) is 0 Å². The number of hydrogen-bond donors (Lipinski definition) is 0. The quantitative estimate of drug-likeness (QED) is 0.695. The van der Waals surface area contributed by atoms with E-state index in [4.69, 9.17) is 0 Å². The van der Waals surface area contributed by atoms with Crippen molar-refractivity contribution in [3.63, 3.8) is 0 Å². The molecule has 3 heteroatoms. The molecule has 1 nitrogen and oxygen atoms in total. The van der Waals surface area contributed by atoms with Gasteiger partial charge in [-0.05, 0) is 16.4 Å². The Morgan fingerprint density at radius 1 is 1.33 bits per heavy atom. The van der Waals surface area contributed by atoms with Crippen LogP contribution in [0, 0.1) is 0 Å². The summed E-state index contributed by atoms with van der Waals surface area (Å²) in [6, 6.07) is 10.1. The van der Waals surface area contributed by atoms with Gasteiger partial charge in [-0.3, -0.25) is 4.79 Å². The molecule has 12 heavy (non-hydrogen) atoms. The molecule has 0 unspecified atom stereocenters. The number of rotatable bonds is 3. The maximum atomic E-state index is 10.6. The maximum Gasteiger partial charge on any atom is 0.196 e. The molecule has 64 valence electrons. The fourth-order valence-electron chi connectivity index (χ4n) is 0.755. The van der Waals surface area contributed by atoms with Crippen LogP contribution in [0.25, 0.3) is 0 Å². The minimum absolute atomic E-state index is 0.163. The van der Waals surface area contributed by atoms with E-state index in [-0.39, 0.29) is 5.12 Å². The molecule has 0 amide bonds. The summed E-state index contributed by atoms with van der Waals surface area (Å²) in [6.07, 6.45) is 0. The first-order valence-electron chi connectivity index (χ1n) is 3.63. The highest BCUT2D eigenvalue weighted by Crippen LogP contribution is 2.25. The second kappa shape index (κ2) is 5.27. The average Bonchev–Trinajstić information content (AvgIpc) is 2.05. The Morgan fingerprint density at radius 2 is 2.00 bits per heavy atom. The lowest BCUT2D eigenvalue weighted by molar-refractivity contribution is -0.109. The van der Waals surface area contributed by atoms with Gasteiger partial charge in [-0.1, -0.05) is 41.1 Å². The summed E-state index contributed by atoms with van der Waals surface area (Å²) in [4.78, 5) is 10.6. The molecule has 0 heterocycles. The van der Waals surface area contributed by atoms with Gasteiger partial charge >= 0.3 is 0 Å². The summed E-state index contributed by atoms with van der Waals surface area (Å²) in [5.41, 5.74) is 1.26. The van der Waals surface area contributed by atoms with Crippen LogP contribution in [0.1, 0.15) is 12.5 Å². The Balaban J connectivity index is 2.29. The smallest absolute Gasteiger partial charge is 0.196 e. The molecule has 0 aromatic heterocycles. The molecule has 0 aliphatic rings. The van der Waals surface area contributed by atoms with E-state index in [1.54, 1.807) is 17.7 Å². The summed E-state index contributed by atoms with van der Waals surface area (Å²) in [7, 11) is 2.89. The standard InChI is InChI=1S/C9H10OS2/c1-8(10)12-11-7-9-5-3-2-4-6-9/h2-6H,7H2,1H3.